The van der Waals surface area contributed by atoms with E-state index in [1.165, 1.54) is 16.1 Å². The number of H-pyrrole nitrogens is 1. The predicted octanol–water partition coefficient (Wildman–Crippen LogP) is 3.35. The molecule has 8 nitrogen and oxygen atoms in total. The number of benzene rings is 1. The van der Waals surface area contributed by atoms with Crippen molar-refractivity contribution in [3.05, 3.63) is 68.8 Å². The Hall–Kier alpha value is -3.59. The maximum Gasteiger partial charge on any atom is 0.260 e. The Labute approximate surface area is 188 Å². The number of carbonyl (C=O) groups excluding carboxylic acids is 1. The van der Waals surface area contributed by atoms with Crippen LogP contribution in [0.5, 0.6) is 0 Å². The van der Waals surface area contributed by atoms with Gasteiger partial charge in [-0.05, 0) is 50.5 Å². The Morgan fingerprint density at radius 3 is 2.66 bits per heavy atom. The molecule has 0 saturated carbocycles. The van der Waals surface area contributed by atoms with Gasteiger partial charge in [0.1, 0.15) is 16.3 Å². The molecule has 0 unspecified atom stereocenters. The van der Waals surface area contributed by atoms with Crippen molar-refractivity contribution < 1.29 is 4.79 Å². The van der Waals surface area contributed by atoms with Gasteiger partial charge in [-0.3, -0.25) is 9.59 Å². The molecule has 1 aliphatic rings. The topological polar surface area (TPSA) is 96.8 Å². The fourth-order valence-corrected chi connectivity index (χ4v) is 4.91. The number of hydrogen-bond donors (Lipinski definition) is 1. The van der Waals surface area contributed by atoms with Crippen LogP contribution in [0, 0.1) is 13.8 Å². The highest BCUT2D eigenvalue weighted by Gasteiger charge is 2.25. The largest absolute Gasteiger partial charge is 0.339 e. The number of rotatable bonds is 4. The third-order valence-electron chi connectivity index (χ3n) is 5.71. The lowest BCUT2D eigenvalue weighted by atomic mass is 10.1. The van der Waals surface area contributed by atoms with Crippen molar-refractivity contribution in [2.45, 2.75) is 26.7 Å². The molecule has 1 amide bonds. The van der Waals surface area contributed by atoms with Crippen molar-refractivity contribution >= 4 is 39.1 Å². The van der Waals surface area contributed by atoms with E-state index in [1.54, 1.807) is 17.2 Å². The molecule has 0 bridgehead atoms. The first-order chi connectivity index (χ1) is 15.5. The van der Waals surface area contributed by atoms with E-state index in [0.717, 1.165) is 29.0 Å². The molecule has 5 rings (SSSR count). The second-order valence-electron chi connectivity index (χ2n) is 7.83. The van der Waals surface area contributed by atoms with Crippen LogP contribution in [0.4, 0.5) is 0 Å². The molecule has 4 heterocycles. The highest BCUT2D eigenvalue weighted by atomic mass is 32.1. The van der Waals surface area contributed by atoms with Gasteiger partial charge in [0.15, 0.2) is 0 Å². The first kappa shape index (κ1) is 20.3. The molecule has 0 aliphatic carbocycles. The highest BCUT2D eigenvalue weighted by molar-refractivity contribution is 7.18. The van der Waals surface area contributed by atoms with Crippen LogP contribution < -0.4 is 5.56 Å². The summed E-state index contributed by atoms with van der Waals surface area (Å²) in [6.07, 6.45) is 5.19. The van der Waals surface area contributed by atoms with Gasteiger partial charge in [-0.2, -0.15) is 9.90 Å². The number of amides is 1. The summed E-state index contributed by atoms with van der Waals surface area (Å²) in [7, 11) is 0. The van der Waals surface area contributed by atoms with Crippen molar-refractivity contribution in [2.24, 2.45) is 0 Å². The number of thiophene rings is 1. The normalized spacial score (nSPS) is 14.4. The molecule has 1 aromatic carbocycles. The van der Waals surface area contributed by atoms with Gasteiger partial charge >= 0.3 is 0 Å². The molecule has 1 saturated heterocycles. The summed E-state index contributed by atoms with van der Waals surface area (Å²) in [4.78, 5) is 38.7. The lowest BCUT2D eigenvalue weighted by Crippen LogP contribution is -2.29. The first-order valence-corrected chi connectivity index (χ1v) is 11.3. The number of likely N-dealkylation sites (tertiary alicyclic amines) is 1. The zero-order chi connectivity index (χ0) is 22.2. The molecule has 4 aromatic rings. The molecular weight excluding hydrogens is 424 g/mol. The second-order valence-corrected chi connectivity index (χ2v) is 9.03. The minimum atomic E-state index is -0.236. The van der Waals surface area contributed by atoms with E-state index in [1.807, 2.05) is 44.2 Å². The standard InChI is InChI=1S/C23H22N6O2S/c1-14-15(2)32-22-19(14)21(30)25-20(26-22)18(23(31)28-10-6-7-11-28)12-16-13-24-29(27-16)17-8-4-3-5-9-17/h3-5,8-9,12-13H,6-7,10-11H2,1-2H3,(H,25,26,30)/b18-12-. The maximum atomic E-state index is 13.4. The number of aromatic amines is 1. The lowest BCUT2D eigenvalue weighted by molar-refractivity contribution is -0.123. The van der Waals surface area contributed by atoms with Crippen LogP contribution in [-0.2, 0) is 4.79 Å². The highest BCUT2D eigenvalue weighted by Crippen LogP contribution is 2.28. The molecule has 162 valence electrons. The smallest absolute Gasteiger partial charge is 0.260 e. The number of aromatic nitrogens is 5. The van der Waals surface area contributed by atoms with Gasteiger partial charge in [-0.1, -0.05) is 18.2 Å². The number of hydrogen-bond acceptors (Lipinski definition) is 6. The van der Waals surface area contributed by atoms with E-state index in [2.05, 4.69) is 20.2 Å². The minimum Gasteiger partial charge on any atom is -0.339 e. The minimum absolute atomic E-state index is 0.163. The molecule has 9 heteroatoms. The molecule has 1 N–H and O–H groups in total. The monoisotopic (exact) mass is 446 g/mol. The lowest BCUT2D eigenvalue weighted by Gasteiger charge is -2.17. The Morgan fingerprint density at radius 2 is 1.91 bits per heavy atom. The molecule has 0 atom stereocenters. The average molecular weight is 447 g/mol. The SMILES string of the molecule is Cc1sc2nc(/C(=C/c3cnn(-c4ccccc4)n3)C(=O)N3CCCC3)[nH]c(=O)c2c1C. The quantitative estimate of drug-likeness (QED) is 0.485. The van der Waals surface area contributed by atoms with E-state index in [0.29, 0.717) is 34.6 Å². The van der Waals surface area contributed by atoms with Gasteiger partial charge in [0.2, 0.25) is 0 Å². The number of para-hydroxylation sites is 1. The fraction of sp³-hybridized carbons (Fsp3) is 0.261. The Kier molecular flexibility index (Phi) is 5.18. The first-order valence-electron chi connectivity index (χ1n) is 10.5. The van der Waals surface area contributed by atoms with Crippen LogP contribution in [0.1, 0.15) is 34.8 Å². The Balaban J connectivity index is 1.62. The summed E-state index contributed by atoms with van der Waals surface area (Å²) in [5.74, 6) is 0.0965. The summed E-state index contributed by atoms with van der Waals surface area (Å²) < 4.78 is 0. The van der Waals surface area contributed by atoms with E-state index in [9.17, 15) is 9.59 Å². The van der Waals surface area contributed by atoms with Crippen LogP contribution in [0.25, 0.3) is 27.6 Å². The summed E-state index contributed by atoms with van der Waals surface area (Å²) in [6, 6.07) is 9.54. The van der Waals surface area contributed by atoms with Crippen molar-refractivity contribution in [1.29, 1.82) is 0 Å². The average Bonchev–Trinajstić information content (AvgIpc) is 3.54. The second kappa shape index (κ2) is 8.16. The van der Waals surface area contributed by atoms with Crippen molar-refractivity contribution in [2.75, 3.05) is 13.1 Å². The van der Waals surface area contributed by atoms with Gasteiger partial charge in [-0.15, -0.1) is 16.4 Å². The molecule has 1 fully saturated rings. The van der Waals surface area contributed by atoms with Crippen LogP contribution in [0.15, 0.2) is 41.3 Å². The number of carbonyl (C=O) groups is 1. The number of aryl methyl sites for hydroxylation is 2. The molecule has 0 radical (unpaired) electrons. The maximum absolute atomic E-state index is 13.4. The van der Waals surface area contributed by atoms with Gasteiger partial charge in [0.05, 0.1) is 22.8 Å². The van der Waals surface area contributed by atoms with Crippen molar-refractivity contribution in [3.8, 4) is 5.69 Å². The van der Waals surface area contributed by atoms with E-state index < -0.39 is 0 Å². The third-order valence-corrected chi connectivity index (χ3v) is 6.81. The zero-order valence-corrected chi connectivity index (χ0v) is 18.6. The van der Waals surface area contributed by atoms with Crippen LogP contribution in [0.2, 0.25) is 0 Å². The van der Waals surface area contributed by atoms with E-state index in [-0.39, 0.29) is 17.3 Å². The zero-order valence-electron chi connectivity index (χ0n) is 17.8. The Morgan fingerprint density at radius 1 is 1.16 bits per heavy atom. The van der Waals surface area contributed by atoms with E-state index in [4.69, 9.17) is 0 Å². The predicted molar refractivity (Wildman–Crippen MR) is 125 cm³/mol. The number of nitrogens with one attached hydrogen (secondary N) is 1. The Bertz CT molecular complexity index is 1390. The van der Waals surface area contributed by atoms with E-state index >= 15 is 0 Å². The summed E-state index contributed by atoms with van der Waals surface area (Å²) in [6.45, 7) is 5.26. The van der Waals surface area contributed by atoms with Gasteiger partial charge in [0.25, 0.3) is 11.5 Å². The summed E-state index contributed by atoms with van der Waals surface area (Å²) in [5, 5.41) is 9.40. The molecule has 1 aliphatic heterocycles. The molecular formula is C23H22N6O2S. The van der Waals surface area contributed by atoms with Gasteiger partial charge in [-0.25, -0.2) is 4.98 Å². The van der Waals surface area contributed by atoms with Gasteiger partial charge in [0, 0.05) is 18.0 Å². The molecule has 32 heavy (non-hydrogen) atoms. The fourth-order valence-electron chi connectivity index (χ4n) is 3.88. The summed E-state index contributed by atoms with van der Waals surface area (Å²) in [5.41, 5.74) is 2.33. The van der Waals surface area contributed by atoms with Crippen molar-refractivity contribution in [1.82, 2.24) is 29.9 Å². The van der Waals surface area contributed by atoms with Crippen LogP contribution in [0.3, 0.4) is 0 Å². The molecule has 3 aromatic heterocycles. The van der Waals surface area contributed by atoms with Gasteiger partial charge < -0.3 is 9.88 Å². The van der Waals surface area contributed by atoms with Crippen LogP contribution in [-0.4, -0.2) is 48.9 Å². The third kappa shape index (κ3) is 3.64. The van der Waals surface area contributed by atoms with Crippen LogP contribution >= 0.6 is 11.3 Å². The summed E-state index contributed by atoms with van der Waals surface area (Å²) >= 11 is 1.46. The molecule has 0 spiro atoms. The van der Waals surface area contributed by atoms with Crippen molar-refractivity contribution in [3.63, 3.8) is 0 Å². The number of fused-ring (bicyclic) bond motifs is 1. The number of nitrogens with zero attached hydrogens (tertiary/aromatic N) is 5.